The van der Waals surface area contributed by atoms with Crippen molar-refractivity contribution in [3.05, 3.63) is 48.2 Å². The first-order chi connectivity index (χ1) is 9.65. The lowest BCUT2D eigenvalue weighted by Crippen LogP contribution is -2.13. The molecule has 0 spiro atoms. The van der Waals surface area contributed by atoms with Gasteiger partial charge >= 0.3 is 5.97 Å². The topological polar surface area (TPSA) is 39.4 Å². The Balaban J connectivity index is 2.07. The van der Waals surface area contributed by atoms with Crippen molar-refractivity contribution in [2.45, 2.75) is 26.4 Å². The van der Waals surface area contributed by atoms with Crippen LogP contribution in [0.5, 0.6) is 0 Å². The lowest BCUT2D eigenvalue weighted by atomic mass is 10.0. The van der Waals surface area contributed by atoms with Crippen LogP contribution >= 0.6 is 0 Å². The zero-order valence-corrected chi connectivity index (χ0v) is 11.6. The van der Waals surface area contributed by atoms with Gasteiger partial charge in [-0.05, 0) is 30.7 Å². The highest BCUT2D eigenvalue weighted by Gasteiger charge is 2.14. The van der Waals surface area contributed by atoms with Gasteiger partial charge in [0, 0.05) is 10.9 Å². The molecule has 3 heteroatoms. The van der Waals surface area contributed by atoms with Crippen LogP contribution in [-0.2, 0) is 16.0 Å². The molecule has 0 atom stereocenters. The van der Waals surface area contributed by atoms with E-state index in [1.807, 2.05) is 44.2 Å². The smallest absolute Gasteiger partial charge is 0.310 e. The first kappa shape index (κ1) is 12.7. The maximum Gasteiger partial charge on any atom is 0.310 e. The largest absolute Gasteiger partial charge is 0.464 e. The molecule has 102 valence electrons. The SMILES string of the molecule is CC(C)OC(=O)Cc1coc2ccc3ccccc3c12. The van der Waals surface area contributed by atoms with E-state index in [0.29, 0.717) is 0 Å². The summed E-state index contributed by atoms with van der Waals surface area (Å²) < 4.78 is 10.8. The minimum atomic E-state index is -0.226. The summed E-state index contributed by atoms with van der Waals surface area (Å²) in [6.45, 7) is 3.70. The molecule has 20 heavy (non-hydrogen) atoms. The van der Waals surface area contributed by atoms with Gasteiger partial charge in [0.25, 0.3) is 0 Å². The Morgan fingerprint density at radius 3 is 2.80 bits per heavy atom. The molecular formula is C17H16O3. The number of esters is 1. The van der Waals surface area contributed by atoms with E-state index in [9.17, 15) is 4.79 Å². The fourth-order valence-corrected chi connectivity index (χ4v) is 2.46. The van der Waals surface area contributed by atoms with E-state index in [-0.39, 0.29) is 18.5 Å². The zero-order valence-electron chi connectivity index (χ0n) is 11.6. The fourth-order valence-electron chi connectivity index (χ4n) is 2.46. The van der Waals surface area contributed by atoms with Crippen molar-refractivity contribution < 1.29 is 13.9 Å². The van der Waals surface area contributed by atoms with Crippen LogP contribution in [-0.4, -0.2) is 12.1 Å². The van der Waals surface area contributed by atoms with Crippen LogP contribution in [0.4, 0.5) is 0 Å². The fraction of sp³-hybridized carbons (Fsp3) is 0.235. The van der Waals surface area contributed by atoms with Gasteiger partial charge in [0.2, 0.25) is 0 Å². The molecule has 0 saturated carbocycles. The number of hydrogen-bond donors (Lipinski definition) is 0. The van der Waals surface area contributed by atoms with Crippen molar-refractivity contribution in [2.75, 3.05) is 0 Å². The maximum atomic E-state index is 11.8. The second-order valence-electron chi connectivity index (χ2n) is 5.14. The van der Waals surface area contributed by atoms with Gasteiger partial charge in [-0.15, -0.1) is 0 Å². The van der Waals surface area contributed by atoms with Gasteiger partial charge in [0.15, 0.2) is 0 Å². The van der Waals surface area contributed by atoms with Crippen LogP contribution in [0.25, 0.3) is 21.7 Å². The van der Waals surface area contributed by atoms with Crippen molar-refractivity contribution in [3.63, 3.8) is 0 Å². The highest BCUT2D eigenvalue weighted by molar-refractivity contribution is 6.08. The number of furan rings is 1. The maximum absolute atomic E-state index is 11.8. The highest BCUT2D eigenvalue weighted by atomic mass is 16.5. The normalized spacial score (nSPS) is 11.3. The third-order valence-corrected chi connectivity index (χ3v) is 3.24. The Kier molecular flexibility index (Phi) is 3.18. The van der Waals surface area contributed by atoms with E-state index in [4.69, 9.17) is 9.15 Å². The predicted octanol–water partition coefficient (Wildman–Crippen LogP) is 4.08. The molecule has 0 amide bonds. The van der Waals surface area contributed by atoms with Gasteiger partial charge in [-0.1, -0.05) is 30.3 Å². The Bertz CT molecular complexity index is 768. The summed E-state index contributed by atoms with van der Waals surface area (Å²) in [6, 6.07) is 12.1. The number of fused-ring (bicyclic) bond motifs is 3. The number of carbonyl (C=O) groups excluding carboxylic acids is 1. The van der Waals surface area contributed by atoms with Crippen LogP contribution in [0.3, 0.4) is 0 Å². The summed E-state index contributed by atoms with van der Waals surface area (Å²) in [6.07, 6.45) is 1.79. The number of benzene rings is 2. The summed E-state index contributed by atoms with van der Waals surface area (Å²) in [5.74, 6) is -0.226. The molecule has 0 bridgehead atoms. The molecule has 0 fully saturated rings. The molecule has 3 rings (SSSR count). The average molecular weight is 268 g/mol. The van der Waals surface area contributed by atoms with Gasteiger partial charge in [-0.25, -0.2) is 0 Å². The monoisotopic (exact) mass is 268 g/mol. The Morgan fingerprint density at radius 2 is 2.00 bits per heavy atom. The van der Waals surface area contributed by atoms with Crippen molar-refractivity contribution in [1.29, 1.82) is 0 Å². The second kappa shape index (κ2) is 5.00. The summed E-state index contributed by atoms with van der Waals surface area (Å²) in [5, 5.41) is 3.25. The van der Waals surface area contributed by atoms with E-state index in [1.165, 1.54) is 0 Å². The van der Waals surface area contributed by atoms with Gasteiger partial charge < -0.3 is 9.15 Å². The molecule has 0 N–H and O–H groups in total. The summed E-state index contributed by atoms with van der Waals surface area (Å²) in [7, 11) is 0. The Hall–Kier alpha value is -2.29. The molecule has 0 unspecified atom stereocenters. The summed E-state index contributed by atoms with van der Waals surface area (Å²) >= 11 is 0. The predicted molar refractivity (Wildman–Crippen MR) is 78.7 cm³/mol. The number of hydrogen-bond acceptors (Lipinski definition) is 3. The number of carbonyl (C=O) groups is 1. The molecule has 3 nitrogen and oxygen atoms in total. The van der Waals surface area contributed by atoms with Gasteiger partial charge in [-0.2, -0.15) is 0 Å². The van der Waals surface area contributed by atoms with Gasteiger partial charge in [0.05, 0.1) is 18.8 Å². The first-order valence-corrected chi connectivity index (χ1v) is 6.72. The zero-order chi connectivity index (χ0) is 14.1. The second-order valence-corrected chi connectivity index (χ2v) is 5.14. The quantitative estimate of drug-likeness (QED) is 0.672. The van der Waals surface area contributed by atoms with Crippen LogP contribution in [0.2, 0.25) is 0 Å². The summed E-state index contributed by atoms with van der Waals surface area (Å²) in [5.41, 5.74) is 1.68. The number of rotatable bonds is 3. The highest BCUT2D eigenvalue weighted by Crippen LogP contribution is 2.30. The molecule has 2 aromatic carbocycles. The molecule has 0 saturated heterocycles. The molecule has 0 aliphatic carbocycles. The van der Waals surface area contributed by atoms with Crippen molar-refractivity contribution >= 4 is 27.7 Å². The molecular weight excluding hydrogens is 252 g/mol. The van der Waals surface area contributed by atoms with Crippen molar-refractivity contribution in [1.82, 2.24) is 0 Å². The molecule has 3 aromatic rings. The van der Waals surface area contributed by atoms with Crippen LogP contribution in [0, 0.1) is 0 Å². The minimum absolute atomic E-state index is 0.0996. The van der Waals surface area contributed by atoms with E-state index >= 15 is 0 Å². The Labute approximate surface area is 117 Å². The summed E-state index contributed by atoms with van der Waals surface area (Å²) in [4.78, 5) is 11.8. The Morgan fingerprint density at radius 1 is 1.20 bits per heavy atom. The van der Waals surface area contributed by atoms with Crippen LogP contribution in [0.1, 0.15) is 19.4 Å². The molecule has 0 aliphatic heterocycles. The number of ether oxygens (including phenoxy) is 1. The lowest BCUT2D eigenvalue weighted by molar-refractivity contribution is -0.146. The van der Waals surface area contributed by atoms with Crippen LogP contribution in [0.15, 0.2) is 47.1 Å². The van der Waals surface area contributed by atoms with E-state index in [1.54, 1.807) is 6.26 Å². The van der Waals surface area contributed by atoms with Crippen molar-refractivity contribution in [3.8, 4) is 0 Å². The molecule has 0 radical (unpaired) electrons. The van der Waals surface area contributed by atoms with Gasteiger partial charge in [-0.3, -0.25) is 4.79 Å². The minimum Gasteiger partial charge on any atom is -0.464 e. The first-order valence-electron chi connectivity index (χ1n) is 6.72. The average Bonchev–Trinajstić information content (AvgIpc) is 2.81. The van der Waals surface area contributed by atoms with E-state index in [2.05, 4.69) is 6.07 Å². The third-order valence-electron chi connectivity index (χ3n) is 3.24. The van der Waals surface area contributed by atoms with Crippen molar-refractivity contribution in [2.24, 2.45) is 0 Å². The standard InChI is InChI=1S/C17H16O3/c1-11(2)20-16(18)9-13-10-19-15-8-7-12-5-3-4-6-14(12)17(13)15/h3-8,10-11H,9H2,1-2H3. The molecule has 1 heterocycles. The van der Waals surface area contributed by atoms with Gasteiger partial charge in [0.1, 0.15) is 5.58 Å². The lowest BCUT2D eigenvalue weighted by Gasteiger charge is -2.07. The molecule has 0 aliphatic rings. The van der Waals surface area contributed by atoms with E-state index < -0.39 is 0 Å². The van der Waals surface area contributed by atoms with E-state index in [0.717, 1.165) is 27.3 Å². The van der Waals surface area contributed by atoms with Crippen LogP contribution < -0.4 is 0 Å². The third kappa shape index (κ3) is 2.27. The molecule has 1 aromatic heterocycles.